The smallest absolute Gasteiger partial charge is 0.321 e. The van der Waals surface area contributed by atoms with Crippen molar-refractivity contribution in [2.75, 3.05) is 57.5 Å². The number of anilines is 2. The molecule has 0 unspecified atom stereocenters. The zero-order valence-corrected chi connectivity index (χ0v) is 15.1. The molecule has 2 atom stereocenters. The first-order valence-electron chi connectivity index (χ1n) is 8.74. The highest BCUT2D eigenvalue weighted by molar-refractivity contribution is 5.95. The fourth-order valence-electron chi connectivity index (χ4n) is 3.54. The summed E-state index contributed by atoms with van der Waals surface area (Å²) in [6.45, 7) is 5.87. The van der Waals surface area contributed by atoms with Crippen molar-refractivity contribution in [2.24, 2.45) is 11.8 Å². The van der Waals surface area contributed by atoms with E-state index in [0.717, 1.165) is 37.4 Å². The van der Waals surface area contributed by atoms with Crippen molar-refractivity contribution in [3.8, 4) is 0 Å². The number of benzene rings is 1. The summed E-state index contributed by atoms with van der Waals surface area (Å²) in [4.78, 5) is 28.2. The summed E-state index contributed by atoms with van der Waals surface area (Å²) in [5, 5.41) is 9.24. The minimum atomic E-state index is -0.0727. The molecule has 3 N–H and O–H groups in total. The van der Waals surface area contributed by atoms with E-state index in [0.29, 0.717) is 24.1 Å². The third-order valence-corrected chi connectivity index (χ3v) is 4.90. The van der Waals surface area contributed by atoms with E-state index >= 15 is 0 Å². The molecule has 0 aromatic heterocycles. The van der Waals surface area contributed by atoms with Gasteiger partial charge < -0.3 is 25.8 Å². The Morgan fingerprint density at radius 1 is 1.20 bits per heavy atom. The number of hydrogen-bond acceptors (Lipinski definition) is 4. The number of rotatable bonds is 4. The fourth-order valence-corrected chi connectivity index (χ4v) is 3.54. The van der Waals surface area contributed by atoms with Crippen LogP contribution >= 0.6 is 0 Å². The van der Waals surface area contributed by atoms with Crippen LogP contribution in [-0.4, -0.2) is 68.6 Å². The van der Waals surface area contributed by atoms with Gasteiger partial charge in [0.2, 0.25) is 5.91 Å². The number of nitrogens with one attached hydrogen (secondary N) is 3. The number of urea groups is 1. The van der Waals surface area contributed by atoms with Gasteiger partial charge in [-0.25, -0.2) is 4.79 Å². The minimum Gasteiger partial charge on any atom is -0.325 e. The Kier molecular flexibility index (Phi) is 5.24. The van der Waals surface area contributed by atoms with Gasteiger partial charge in [0.15, 0.2) is 0 Å². The molecule has 7 nitrogen and oxygen atoms in total. The lowest BCUT2D eigenvalue weighted by Crippen LogP contribution is -2.35. The maximum atomic E-state index is 12.5. The van der Waals surface area contributed by atoms with Gasteiger partial charge in [-0.2, -0.15) is 0 Å². The van der Waals surface area contributed by atoms with Crippen molar-refractivity contribution in [1.29, 1.82) is 0 Å². The molecule has 2 aliphatic rings. The van der Waals surface area contributed by atoms with E-state index in [9.17, 15) is 9.59 Å². The Balaban J connectivity index is 1.61. The molecule has 3 amide bonds. The molecule has 2 heterocycles. The van der Waals surface area contributed by atoms with Crippen LogP contribution in [0.2, 0.25) is 0 Å². The van der Waals surface area contributed by atoms with Crippen molar-refractivity contribution >= 4 is 23.3 Å². The topological polar surface area (TPSA) is 76.7 Å². The van der Waals surface area contributed by atoms with E-state index in [1.165, 1.54) is 0 Å². The number of carbonyl (C=O) groups is 2. The summed E-state index contributed by atoms with van der Waals surface area (Å²) in [5.74, 6) is 1.07. The van der Waals surface area contributed by atoms with Crippen molar-refractivity contribution in [3.63, 3.8) is 0 Å². The first-order valence-corrected chi connectivity index (χ1v) is 8.74. The third kappa shape index (κ3) is 4.29. The minimum absolute atomic E-state index is 0.0659. The lowest BCUT2D eigenvalue weighted by molar-refractivity contribution is -0.116. The Bertz CT molecular complexity index is 649. The van der Waals surface area contributed by atoms with Crippen molar-refractivity contribution in [3.05, 3.63) is 23.8 Å². The van der Waals surface area contributed by atoms with Gasteiger partial charge in [-0.15, -0.1) is 0 Å². The van der Waals surface area contributed by atoms with Crippen LogP contribution in [-0.2, 0) is 4.79 Å². The zero-order chi connectivity index (χ0) is 18.0. The molecular formula is C18H27N5O2. The van der Waals surface area contributed by atoms with E-state index in [4.69, 9.17) is 0 Å². The van der Waals surface area contributed by atoms with Crippen molar-refractivity contribution in [2.45, 2.75) is 6.92 Å². The summed E-state index contributed by atoms with van der Waals surface area (Å²) >= 11 is 0. The van der Waals surface area contributed by atoms with Crippen LogP contribution in [0.5, 0.6) is 0 Å². The molecule has 0 spiro atoms. The molecule has 3 rings (SSSR count). The van der Waals surface area contributed by atoms with Crippen LogP contribution in [0.4, 0.5) is 16.2 Å². The van der Waals surface area contributed by atoms with Crippen molar-refractivity contribution in [1.82, 2.24) is 15.1 Å². The Hall–Kier alpha value is -2.12. The molecular weight excluding hydrogens is 318 g/mol. The molecule has 0 bridgehead atoms. The number of hydrogen-bond donors (Lipinski definition) is 3. The second kappa shape index (κ2) is 7.41. The van der Waals surface area contributed by atoms with Crippen LogP contribution in [0.3, 0.4) is 0 Å². The molecule has 7 heteroatoms. The van der Waals surface area contributed by atoms with Gasteiger partial charge in [-0.05, 0) is 50.6 Å². The first-order chi connectivity index (χ1) is 11.9. The summed E-state index contributed by atoms with van der Waals surface area (Å²) < 4.78 is 0. The van der Waals surface area contributed by atoms with Crippen molar-refractivity contribution < 1.29 is 9.59 Å². The molecule has 136 valence electrons. The van der Waals surface area contributed by atoms with E-state index in [1.54, 1.807) is 0 Å². The maximum Gasteiger partial charge on any atom is 0.321 e. The van der Waals surface area contributed by atoms with Gasteiger partial charge in [0.25, 0.3) is 0 Å². The molecule has 2 fully saturated rings. The second-order valence-corrected chi connectivity index (χ2v) is 7.33. The molecule has 2 saturated heterocycles. The average molecular weight is 345 g/mol. The lowest BCUT2D eigenvalue weighted by Gasteiger charge is -2.19. The van der Waals surface area contributed by atoms with Crippen LogP contribution in [0.15, 0.2) is 18.2 Å². The van der Waals surface area contributed by atoms with Gasteiger partial charge in [0.05, 0.1) is 6.54 Å². The summed E-state index contributed by atoms with van der Waals surface area (Å²) in [5.41, 5.74) is 2.39. The summed E-state index contributed by atoms with van der Waals surface area (Å²) in [6, 6.07) is 5.53. The fraction of sp³-hybridized carbons (Fsp3) is 0.556. The number of likely N-dealkylation sites (tertiary alicyclic amines) is 1. The van der Waals surface area contributed by atoms with E-state index in [-0.39, 0.29) is 11.9 Å². The lowest BCUT2D eigenvalue weighted by atomic mass is 10.0. The molecule has 2 aliphatic heterocycles. The highest BCUT2D eigenvalue weighted by atomic mass is 16.2. The molecule has 1 aromatic carbocycles. The third-order valence-electron chi connectivity index (χ3n) is 4.90. The number of fused-ring (bicyclic) bond motifs is 1. The molecule has 0 aliphatic carbocycles. The second-order valence-electron chi connectivity index (χ2n) is 7.33. The van der Waals surface area contributed by atoms with Gasteiger partial charge >= 0.3 is 6.03 Å². The highest BCUT2D eigenvalue weighted by Crippen LogP contribution is 2.27. The number of nitrogens with zero attached hydrogens (tertiary/aromatic N) is 2. The predicted molar refractivity (Wildman–Crippen MR) is 98.8 cm³/mol. The largest absolute Gasteiger partial charge is 0.325 e. The maximum absolute atomic E-state index is 12.5. The number of amides is 3. The summed E-state index contributed by atoms with van der Waals surface area (Å²) in [6.07, 6.45) is 0. The number of likely N-dealkylation sites (N-methyl/N-ethyl adjacent to an activating group) is 1. The normalized spacial score (nSPS) is 22.2. The van der Waals surface area contributed by atoms with Crippen LogP contribution in [0.25, 0.3) is 0 Å². The first kappa shape index (κ1) is 17.7. The van der Waals surface area contributed by atoms with Gasteiger partial charge in [-0.3, -0.25) is 4.79 Å². The molecule has 0 radical (unpaired) electrons. The van der Waals surface area contributed by atoms with Gasteiger partial charge in [0, 0.05) is 37.6 Å². The van der Waals surface area contributed by atoms with Gasteiger partial charge in [-0.1, -0.05) is 6.07 Å². The number of carbonyl (C=O) groups excluding carboxylic acids is 2. The highest BCUT2D eigenvalue weighted by Gasteiger charge is 2.38. The standard InChI is InChI=1S/C18H27N5O2/c1-12-4-5-15(6-16(12)21-17(24)11-22(2)3)20-18(25)23-9-13-7-19-8-14(13)10-23/h4-6,13-14,19H,7-11H2,1-3H3,(H,20,25)(H,21,24)/t13-,14+. The zero-order valence-electron chi connectivity index (χ0n) is 15.1. The predicted octanol–water partition coefficient (Wildman–Crippen LogP) is 1.18. The molecule has 0 saturated carbocycles. The van der Waals surface area contributed by atoms with Crippen LogP contribution in [0.1, 0.15) is 5.56 Å². The van der Waals surface area contributed by atoms with E-state index in [2.05, 4.69) is 16.0 Å². The SMILES string of the molecule is Cc1ccc(NC(=O)N2C[C@H]3CNC[C@H]3C2)cc1NC(=O)CN(C)C. The van der Waals surface area contributed by atoms with E-state index < -0.39 is 0 Å². The monoisotopic (exact) mass is 345 g/mol. The van der Waals surface area contributed by atoms with Gasteiger partial charge in [0.1, 0.15) is 0 Å². The molecule has 1 aromatic rings. The Morgan fingerprint density at radius 2 is 1.88 bits per heavy atom. The Morgan fingerprint density at radius 3 is 2.52 bits per heavy atom. The quantitative estimate of drug-likeness (QED) is 0.766. The Labute approximate surface area is 148 Å². The average Bonchev–Trinajstić information content (AvgIpc) is 3.11. The van der Waals surface area contributed by atoms with Crippen LogP contribution in [0, 0.1) is 18.8 Å². The van der Waals surface area contributed by atoms with E-state index in [1.807, 2.05) is 49.0 Å². The molecule has 25 heavy (non-hydrogen) atoms. The summed E-state index contributed by atoms with van der Waals surface area (Å²) in [7, 11) is 3.70. The number of aryl methyl sites for hydroxylation is 1. The van der Waals surface area contributed by atoms with Crippen LogP contribution < -0.4 is 16.0 Å².